The van der Waals surface area contributed by atoms with E-state index in [9.17, 15) is 13.2 Å². The second kappa shape index (κ2) is 7.72. The Morgan fingerprint density at radius 1 is 1.10 bits per heavy atom. The molecule has 31 heavy (non-hydrogen) atoms. The predicted octanol–water partition coefficient (Wildman–Crippen LogP) is 5.42. The summed E-state index contributed by atoms with van der Waals surface area (Å²) in [4.78, 5) is 8.34. The summed E-state index contributed by atoms with van der Waals surface area (Å²) in [6.07, 6.45) is -1.71. The van der Waals surface area contributed by atoms with Gasteiger partial charge in [0.25, 0.3) is 0 Å². The van der Waals surface area contributed by atoms with Gasteiger partial charge < -0.3 is 0 Å². The molecule has 0 bridgehead atoms. The summed E-state index contributed by atoms with van der Waals surface area (Å²) in [5.74, 6) is 0. The van der Waals surface area contributed by atoms with Crippen molar-refractivity contribution in [3.8, 4) is 5.69 Å². The van der Waals surface area contributed by atoms with Gasteiger partial charge in [-0.15, -0.1) is 0 Å². The third kappa shape index (κ3) is 3.85. The Labute approximate surface area is 193 Å². The van der Waals surface area contributed by atoms with Gasteiger partial charge in [0.15, 0.2) is 0 Å². The first-order chi connectivity index (χ1) is 14.8. The summed E-state index contributed by atoms with van der Waals surface area (Å²) < 4.78 is 50.2. The van der Waals surface area contributed by atoms with Crippen molar-refractivity contribution in [1.82, 2.24) is 18.3 Å². The molecule has 0 amide bonds. The molecule has 162 valence electrons. The summed E-state index contributed by atoms with van der Waals surface area (Å²) in [5.41, 5.74) is -0.0891. The molecule has 11 heteroatoms. The Hall–Kier alpha value is -1.69. The van der Waals surface area contributed by atoms with Crippen molar-refractivity contribution in [2.45, 2.75) is 18.0 Å². The molecule has 3 heterocycles. The van der Waals surface area contributed by atoms with E-state index in [0.29, 0.717) is 11.3 Å². The van der Waals surface area contributed by atoms with E-state index in [2.05, 4.69) is 18.6 Å². The van der Waals surface area contributed by atoms with Crippen molar-refractivity contribution in [3.05, 3.63) is 73.8 Å². The molecule has 2 aliphatic rings. The number of hydrogen-bond donors (Lipinski definition) is 1. The minimum atomic E-state index is -4.51. The molecule has 2 aromatic carbocycles. The molecule has 1 fully saturated rings. The van der Waals surface area contributed by atoms with Crippen molar-refractivity contribution < 1.29 is 13.2 Å². The average Bonchev–Trinajstić information content (AvgIpc) is 3.22. The first kappa shape index (κ1) is 21.2. The number of aliphatic imine (C=N–C) groups is 1. The van der Waals surface area contributed by atoms with Crippen LogP contribution in [-0.4, -0.2) is 37.7 Å². The van der Waals surface area contributed by atoms with Gasteiger partial charge in [0.1, 0.15) is 0 Å². The van der Waals surface area contributed by atoms with E-state index in [0.717, 1.165) is 13.8 Å². The van der Waals surface area contributed by atoms with E-state index in [-0.39, 0.29) is 22.0 Å². The zero-order valence-electron chi connectivity index (χ0n) is 15.8. The van der Waals surface area contributed by atoms with Gasteiger partial charge in [0.05, 0.1) is 0 Å². The molecule has 1 atom stereocenters. The summed E-state index contributed by atoms with van der Waals surface area (Å²) in [5, 5.41) is 4.54. The second-order valence-electron chi connectivity index (χ2n) is 7.31. The molecule has 1 N–H and O–H groups in total. The maximum atomic E-state index is 14.3. The van der Waals surface area contributed by atoms with Crippen molar-refractivity contribution in [3.63, 3.8) is 0 Å². The molecule has 1 aromatic heterocycles. The molecule has 5 nitrogen and oxygen atoms in total. The molecule has 2 aliphatic heterocycles. The summed E-state index contributed by atoms with van der Waals surface area (Å²) >= 11 is 10.5. The van der Waals surface area contributed by atoms with Crippen molar-refractivity contribution in [1.29, 1.82) is 0 Å². The quantitative estimate of drug-likeness (QED) is 0.148. The van der Waals surface area contributed by atoms with Crippen LogP contribution in [0.4, 0.5) is 13.2 Å². The molecule has 0 saturated carbocycles. The zero-order chi connectivity index (χ0) is 21.8. The third-order valence-electron chi connectivity index (χ3n) is 5.43. The van der Waals surface area contributed by atoms with Crippen LogP contribution in [0, 0.1) is 3.57 Å². The van der Waals surface area contributed by atoms with Crippen LogP contribution in [-0.2, 0) is 5.41 Å². The number of hydrogen-bond acceptors (Lipinski definition) is 4. The van der Waals surface area contributed by atoms with E-state index in [1.54, 1.807) is 17.1 Å². The Bertz CT molecular complexity index is 1160. The SMILES string of the molecule is FC(F)(F)C1(c2cc(Cl)cc(Cl)c2)CN=C(c2ccc(-n3cncn3)c(I3CN3)c2)C1. The number of halogens is 6. The van der Waals surface area contributed by atoms with Crippen LogP contribution in [0.1, 0.15) is 17.5 Å². The van der Waals surface area contributed by atoms with E-state index in [1.165, 1.54) is 24.5 Å². The molecule has 1 saturated heterocycles. The number of benzene rings is 2. The van der Waals surface area contributed by atoms with Crippen molar-refractivity contribution in [2.75, 3.05) is 11.1 Å². The van der Waals surface area contributed by atoms with E-state index < -0.39 is 38.2 Å². The van der Waals surface area contributed by atoms with Crippen LogP contribution >= 0.6 is 43.3 Å². The monoisotopic (exact) mass is 579 g/mol. The van der Waals surface area contributed by atoms with E-state index in [4.69, 9.17) is 23.2 Å². The van der Waals surface area contributed by atoms with Gasteiger partial charge in [-0.3, -0.25) is 0 Å². The van der Waals surface area contributed by atoms with Crippen LogP contribution in [0.5, 0.6) is 0 Å². The van der Waals surface area contributed by atoms with Crippen molar-refractivity contribution in [2.24, 2.45) is 4.99 Å². The molecule has 3 aromatic rings. The fraction of sp³-hybridized carbons (Fsp3) is 0.250. The van der Waals surface area contributed by atoms with Crippen molar-refractivity contribution >= 4 is 49.0 Å². The molecule has 0 spiro atoms. The van der Waals surface area contributed by atoms with Crippen LogP contribution in [0.25, 0.3) is 5.69 Å². The van der Waals surface area contributed by atoms with E-state index >= 15 is 0 Å². The Morgan fingerprint density at radius 3 is 2.45 bits per heavy atom. The molecule has 0 aliphatic carbocycles. The van der Waals surface area contributed by atoms with Gasteiger partial charge in [-0.25, -0.2) is 0 Å². The fourth-order valence-corrected chi connectivity index (χ4v) is 8.02. The van der Waals surface area contributed by atoms with E-state index in [1.807, 2.05) is 12.1 Å². The third-order valence-corrected chi connectivity index (χ3v) is 9.66. The summed E-state index contributed by atoms with van der Waals surface area (Å²) in [7, 11) is 0. The summed E-state index contributed by atoms with van der Waals surface area (Å²) in [6, 6.07) is 9.73. The summed E-state index contributed by atoms with van der Waals surface area (Å²) in [6.45, 7) is -0.400. The number of nitrogens with one attached hydrogen (secondary N) is 1. The number of rotatable bonds is 4. The Morgan fingerprint density at radius 2 is 1.84 bits per heavy atom. The number of alkyl halides is 4. The van der Waals surface area contributed by atoms with Gasteiger partial charge in [-0.05, 0) is 0 Å². The zero-order valence-corrected chi connectivity index (χ0v) is 19.5. The van der Waals surface area contributed by atoms with Crippen LogP contribution < -0.4 is 3.53 Å². The Balaban J connectivity index is 1.53. The van der Waals surface area contributed by atoms with Gasteiger partial charge in [-0.2, -0.15) is 0 Å². The maximum absolute atomic E-state index is 14.3. The predicted molar refractivity (Wildman–Crippen MR) is 122 cm³/mol. The number of aromatic nitrogens is 3. The second-order valence-corrected chi connectivity index (χ2v) is 12.9. The minimum absolute atomic E-state index is 0.0372. The Kier molecular flexibility index (Phi) is 5.27. The van der Waals surface area contributed by atoms with Gasteiger partial charge >= 0.3 is 194 Å². The van der Waals surface area contributed by atoms with Gasteiger partial charge in [-0.1, -0.05) is 0 Å². The molecule has 0 radical (unpaired) electrons. The molecular formula is C20H15Cl2F3IN5. The van der Waals surface area contributed by atoms with Crippen LogP contribution in [0.2, 0.25) is 10.0 Å². The van der Waals surface area contributed by atoms with Gasteiger partial charge in [0.2, 0.25) is 0 Å². The van der Waals surface area contributed by atoms with Crippen LogP contribution in [0.15, 0.2) is 54.0 Å². The first-order valence-electron chi connectivity index (χ1n) is 9.22. The molecule has 1 unspecified atom stereocenters. The fourth-order valence-electron chi connectivity index (χ4n) is 3.76. The first-order valence-corrected chi connectivity index (χ1v) is 13.7. The standard InChI is InChI=1S/C20H15Cl2F3IN5/c21-14-4-13(5-15(22)6-14)19(20(23,24)25)7-17(28-8-19)12-1-2-18(31-11-27-10-30-31)16(3-12)26-9-29-26/h1-6,10-11,29H,7-9H2. The molecular weight excluding hydrogens is 565 g/mol. The number of nitrogens with zero attached hydrogens (tertiary/aromatic N) is 4. The average molecular weight is 580 g/mol. The van der Waals surface area contributed by atoms with Gasteiger partial charge in [0, 0.05) is 0 Å². The van der Waals surface area contributed by atoms with Crippen LogP contribution in [0.3, 0.4) is 0 Å². The topological polar surface area (TPSA) is 65.0 Å². The molecule has 5 rings (SSSR count). The normalized spacial score (nSPS) is 22.0.